The minimum Gasteiger partial charge on any atom is -0.471 e. The van der Waals surface area contributed by atoms with Crippen LogP contribution < -0.4 is 5.73 Å². The molecular formula is C24H22N4O3S. The highest BCUT2D eigenvalue weighted by molar-refractivity contribution is 8.03. The van der Waals surface area contributed by atoms with Crippen molar-refractivity contribution in [3.8, 4) is 0 Å². The molecule has 1 aliphatic carbocycles. The molecule has 3 atom stereocenters. The first-order chi connectivity index (χ1) is 15.7. The summed E-state index contributed by atoms with van der Waals surface area (Å²) < 4.78 is 11.6. The van der Waals surface area contributed by atoms with E-state index in [1.807, 2.05) is 12.2 Å². The molecule has 0 radical (unpaired) electrons. The van der Waals surface area contributed by atoms with Crippen LogP contribution in [-0.2, 0) is 14.3 Å². The maximum absolute atomic E-state index is 12.0. The van der Waals surface area contributed by atoms with Gasteiger partial charge in [-0.05, 0) is 46.8 Å². The molecule has 7 nitrogen and oxygen atoms in total. The molecule has 4 bridgehead atoms. The molecule has 2 unspecified atom stereocenters. The number of carbonyl (C=O) groups is 1. The second-order valence-electron chi connectivity index (χ2n) is 7.63. The Morgan fingerprint density at radius 3 is 3.03 bits per heavy atom. The Hall–Kier alpha value is -3.52. The van der Waals surface area contributed by atoms with Gasteiger partial charge in [0.15, 0.2) is 12.3 Å². The summed E-state index contributed by atoms with van der Waals surface area (Å²) in [4.78, 5) is 22.7. The number of ether oxygens (including phenoxy) is 2. The van der Waals surface area contributed by atoms with Crippen molar-refractivity contribution in [1.82, 2.24) is 4.90 Å². The molecule has 0 aromatic carbocycles. The number of nitrogens with zero attached hydrogens (tertiary/aromatic N) is 3. The summed E-state index contributed by atoms with van der Waals surface area (Å²) in [7, 11) is 0. The first-order valence-corrected chi connectivity index (χ1v) is 11.3. The zero-order valence-electron chi connectivity index (χ0n) is 17.2. The average molecular weight is 447 g/mol. The van der Waals surface area contributed by atoms with Crippen molar-refractivity contribution in [2.24, 2.45) is 21.6 Å². The molecule has 5 rings (SSSR count). The summed E-state index contributed by atoms with van der Waals surface area (Å²) >= 11 is 1.68. The van der Waals surface area contributed by atoms with E-state index < -0.39 is 5.91 Å². The molecule has 4 heterocycles. The summed E-state index contributed by atoms with van der Waals surface area (Å²) in [5, 5.41) is 2.10. The maximum Gasteiger partial charge on any atom is 0.265 e. The molecule has 5 aliphatic rings. The fourth-order valence-corrected chi connectivity index (χ4v) is 5.03. The van der Waals surface area contributed by atoms with Crippen molar-refractivity contribution in [3.63, 3.8) is 0 Å². The summed E-state index contributed by atoms with van der Waals surface area (Å²) in [6.45, 7) is 0.444. The van der Waals surface area contributed by atoms with Gasteiger partial charge in [0, 0.05) is 12.4 Å². The van der Waals surface area contributed by atoms with Gasteiger partial charge in [0.1, 0.15) is 17.2 Å². The molecule has 4 aliphatic heterocycles. The number of nitrogens with two attached hydrogens (primary N) is 1. The summed E-state index contributed by atoms with van der Waals surface area (Å²) in [5.41, 5.74) is 9.63. The Morgan fingerprint density at radius 1 is 1.19 bits per heavy atom. The normalized spacial score (nSPS) is 28.3. The van der Waals surface area contributed by atoms with Crippen LogP contribution in [0.3, 0.4) is 0 Å². The van der Waals surface area contributed by atoms with Crippen LogP contribution in [0.5, 0.6) is 0 Å². The van der Waals surface area contributed by atoms with Crippen LogP contribution in [0.15, 0.2) is 105 Å². The molecule has 0 aromatic rings. The summed E-state index contributed by atoms with van der Waals surface area (Å²) in [5.74, 6) is 0.217. The van der Waals surface area contributed by atoms with Gasteiger partial charge in [0.25, 0.3) is 5.91 Å². The van der Waals surface area contributed by atoms with Crippen LogP contribution in [-0.4, -0.2) is 41.1 Å². The molecular weight excluding hydrogens is 424 g/mol. The Morgan fingerprint density at radius 2 is 2.12 bits per heavy atom. The van der Waals surface area contributed by atoms with Crippen molar-refractivity contribution in [2.45, 2.75) is 17.9 Å². The van der Waals surface area contributed by atoms with E-state index in [1.54, 1.807) is 47.5 Å². The molecule has 0 spiro atoms. The minimum absolute atomic E-state index is 0.0145. The minimum atomic E-state index is -0.518. The number of hydrogen-bond donors (Lipinski definition) is 1. The van der Waals surface area contributed by atoms with Gasteiger partial charge >= 0.3 is 0 Å². The SMILES string of the molecule is NC(=O)C1=C[C@@H]2CN1C=CN=COC=CC=CC=C1C=CC3=C4C=CSC4N=C(O2)C3C1. The molecule has 0 saturated carbocycles. The molecule has 8 heteroatoms. The van der Waals surface area contributed by atoms with Crippen LogP contribution in [0.4, 0.5) is 0 Å². The topological polar surface area (TPSA) is 89.5 Å². The number of primary amides is 1. The van der Waals surface area contributed by atoms with Crippen molar-refractivity contribution in [1.29, 1.82) is 0 Å². The van der Waals surface area contributed by atoms with Crippen molar-refractivity contribution < 1.29 is 14.3 Å². The largest absolute Gasteiger partial charge is 0.471 e. The van der Waals surface area contributed by atoms with Crippen molar-refractivity contribution >= 4 is 30.0 Å². The standard InChI is InChI=1S/C24H22N4O3S/c25-22(29)21-13-17-14-28(21)9-8-26-15-30-10-3-1-2-4-16-5-6-18-19-7-11-32-24(19)27-23(31-17)20(18)12-16/h1-11,13,15,17,20,24H,12,14H2,(H2,25,29)/t17-,20?,24?/m1/s1. The third-order valence-corrected chi connectivity index (χ3v) is 6.50. The van der Waals surface area contributed by atoms with Gasteiger partial charge in [-0.3, -0.25) is 4.79 Å². The Labute approximate surface area is 190 Å². The number of allylic oxidation sites excluding steroid dienone is 7. The van der Waals surface area contributed by atoms with E-state index >= 15 is 0 Å². The number of rotatable bonds is 1. The quantitative estimate of drug-likeness (QED) is 0.666. The number of dihydropyridines is 1. The van der Waals surface area contributed by atoms with Crippen molar-refractivity contribution in [2.75, 3.05) is 6.54 Å². The predicted octanol–water partition coefficient (Wildman–Crippen LogP) is 3.45. The fraction of sp³-hybridized carbons (Fsp3) is 0.208. The average Bonchev–Trinajstić information content (AvgIpc) is 3.41. The zero-order valence-corrected chi connectivity index (χ0v) is 18.0. The highest BCUT2D eigenvalue weighted by atomic mass is 32.2. The highest BCUT2D eigenvalue weighted by Gasteiger charge is 2.37. The molecule has 0 fully saturated rings. The lowest BCUT2D eigenvalue weighted by atomic mass is 9.81. The second kappa shape index (κ2) is 8.92. The highest BCUT2D eigenvalue weighted by Crippen LogP contribution is 2.43. The molecule has 32 heavy (non-hydrogen) atoms. The van der Waals surface area contributed by atoms with Crippen LogP contribution in [0.1, 0.15) is 6.42 Å². The number of amides is 1. The monoisotopic (exact) mass is 446 g/mol. The van der Waals surface area contributed by atoms with Crippen LogP contribution in [0.2, 0.25) is 0 Å². The van der Waals surface area contributed by atoms with Gasteiger partial charge in [0.05, 0.1) is 18.7 Å². The molecule has 162 valence electrons. The van der Waals surface area contributed by atoms with E-state index in [-0.39, 0.29) is 17.4 Å². The van der Waals surface area contributed by atoms with Crippen LogP contribution in [0, 0.1) is 5.92 Å². The number of fused-ring (bicyclic) bond motifs is 4. The summed E-state index contributed by atoms with van der Waals surface area (Å²) in [6.07, 6.45) is 22.5. The number of aliphatic imine (C=N–C) groups is 2. The lowest BCUT2D eigenvalue weighted by Crippen LogP contribution is -2.33. The number of hydrogen-bond acceptors (Lipinski definition) is 7. The zero-order chi connectivity index (χ0) is 21.9. The predicted molar refractivity (Wildman–Crippen MR) is 126 cm³/mol. The molecule has 1 amide bonds. The Balaban J connectivity index is 1.51. The van der Waals surface area contributed by atoms with E-state index in [1.165, 1.54) is 23.1 Å². The van der Waals surface area contributed by atoms with E-state index in [0.717, 1.165) is 6.42 Å². The maximum atomic E-state index is 12.0. The third-order valence-electron chi connectivity index (χ3n) is 5.59. The van der Waals surface area contributed by atoms with Crippen LogP contribution in [0.25, 0.3) is 0 Å². The fourth-order valence-electron chi connectivity index (χ4n) is 4.13. The number of thioether (sulfide) groups is 1. The van der Waals surface area contributed by atoms with Crippen molar-refractivity contribution in [3.05, 3.63) is 95.1 Å². The smallest absolute Gasteiger partial charge is 0.265 e. The lowest BCUT2D eigenvalue weighted by molar-refractivity contribution is -0.115. The van der Waals surface area contributed by atoms with E-state index in [4.69, 9.17) is 20.2 Å². The van der Waals surface area contributed by atoms with E-state index in [9.17, 15) is 4.79 Å². The lowest BCUT2D eigenvalue weighted by Gasteiger charge is -2.32. The molecule has 0 aromatic heterocycles. The van der Waals surface area contributed by atoms with Gasteiger partial charge in [0.2, 0.25) is 0 Å². The summed E-state index contributed by atoms with van der Waals surface area (Å²) in [6, 6.07) is 0. The van der Waals surface area contributed by atoms with Crippen LogP contribution >= 0.6 is 11.8 Å². The first-order valence-electron chi connectivity index (χ1n) is 10.3. The first kappa shape index (κ1) is 20.4. The Bertz CT molecular complexity index is 1120. The number of carbonyl (C=O) groups excluding carboxylic acids is 1. The van der Waals surface area contributed by atoms with E-state index in [0.29, 0.717) is 18.1 Å². The van der Waals surface area contributed by atoms with Gasteiger partial charge in [-0.2, -0.15) is 0 Å². The third kappa shape index (κ3) is 4.13. The van der Waals surface area contributed by atoms with Gasteiger partial charge in [-0.1, -0.05) is 30.4 Å². The van der Waals surface area contributed by atoms with E-state index in [2.05, 4.69) is 34.7 Å². The van der Waals surface area contributed by atoms with Gasteiger partial charge in [-0.25, -0.2) is 9.98 Å². The molecule has 0 saturated heterocycles. The van der Waals surface area contributed by atoms with Gasteiger partial charge < -0.3 is 20.1 Å². The second-order valence-corrected chi connectivity index (χ2v) is 8.62. The van der Waals surface area contributed by atoms with Gasteiger partial charge in [-0.15, -0.1) is 11.8 Å². The molecule has 2 N–H and O–H groups in total. The Kier molecular flexibility index (Phi) is 5.68.